The maximum atomic E-state index is 14.0. The SMILES string of the molecule is C[C@]12C=CC(=O)C=C1CC[C@@H]1[C@@H]2[C@@H](O)C[C@@]2(C)[C@H]1C[C@H]1O[C@@H](c3ccc(Cc4ccc(CO)c(NC(=O)[C@H](CCC(=O)O)NC(=O)CNC(=O)CBr)c4)cc3)O[C@]12C(=O)CO. The van der Waals surface area contributed by atoms with Crippen LogP contribution in [-0.4, -0.2) is 98.0 Å². The summed E-state index contributed by atoms with van der Waals surface area (Å²) in [5.41, 5.74) is 1.21. The number of benzene rings is 2. The first-order chi connectivity index (χ1) is 29.1. The van der Waals surface area contributed by atoms with E-state index in [0.29, 0.717) is 30.4 Å². The second kappa shape index (κ2) is 17.7. The van der Waals surface area contributed by atoms with E-state index in [9.17, 15) is 49.2 Å². The van der Waals surface area contributed by atoms with E-state index in [2.05, 4.69) is 38.8 Å². The number of carboxylic acids is 1. The average molecular weight is 907 g/mol. The Morgan fingerprint density at radius 3 is 2.44 bits per heavy atom. The lowest BCUT2D eigenvalue weighted by Gasteiger charge is -2.59. The van der Waals surface area contributed by atoms with Crippen LogP contribution in [0.3, 0.4) is 0 Å². The second-order valence-corrected chi connectivity index (χ2v) is 17.9. The minimum atomic E-state index is -1.48. The van der Waals surface area contributed by atoms with Gasteiger partial charge in [-0.3, -0.25) is 28.8 Å². The highest BCUT2D eigenvalue weighted by molar-refractivity contribution is 9.09. The van der Waals surface area contributed by atoms with Gasteiger partial charge in [-0.25, -0.2) is 0 Å². The molecule has 4 fully saturated rings. The number of halogens is 1. The van der Waals surface area contributed by atoms with Crippen LogP contribution < -0.4 is 16.0 Å². The molecule has 1 saturated heterocycles. The Morgan fingerprint density at radius 1 is 1.02 bits per heavy atom. The van der Waals surface area contributed by atoms with Crippen molar-refractivity contribution in [3.05, 3.63) is 88.5 Å². The molecule has 5 aliphatic rings. The van der Waals surface area contributed by atoms with E-state index in [-0.39, 0.29) is 47.4 Å². The van der Waals surface area contributed by atoms with Gasteiger partial charge in [-0.1, -0.05) is 77.8 Å². The monoisotopic (exact) mass is 905 g/mol. The minimum Gasteiger partial charge on any atom is -0.481 e. The summed E-state index contributed by atoms with van der Waals surface area (Å²) in [6, 6.07) is 11.4. The molecule has 0 unspecified atom stereocenters. The number of aliphatic carboxylic acids is 1. The first-order valence-corrected chi connectivity index (χ1v) is 21.7. The molecule has 61 heavy (non-hydrogen) atoms. The number of allylic oxidation sites excluding steroid dienone is 4. The molecule has 326 valence electrons. The molecule has 16 heteroatoms. The first-order valence-electron chi connectivity index (χ1n) is 20.6. The molecule has 0 spiro atoms. The van der Waals surface area contributed by atoms with Crippen molar-refractivity contribution >= 4 is 56.9 Å². The van der Waals surface area contributed by atoms with Crippen molar-refractivity contribution in [1.82, 2.24) is 10.6 Å². The summed E-state index contributed by atoms with van der Waals surface area (Å²) < 4.78 is 13.3. The van der Waals surface area contributed by atoms with Crippen LogP contribution in [0.2, 0.25) is 0 Å². The molecule has 7 N–H and O–H groups in total. The molecule has 2 aromatic rings. The van der Waals surface area contributed by atoms with Gasteiger partial charge in [0.25, 0.3) is 0 Å². The predicted molar refractivity (Wildman–Crippen MR) is 223 cm³/mol. The summed E-state index contributed by atoms with van der Waals surface area (Å²) in [5, 5.41) is 49.1. The van der Waals surface area contributed by atoms with E-state index < -0.39 is 96.6 Å². The highest BCUT2D eigenvalue weighted by atomic mass is 79.9. The quantitative estimate of drug-likeness (QED) is 0.128. The van der Waals surface area contributed by atoms with Crippen LogP contribution in [0, 0.1) is 28.6 Å². The Kier molecular flexibility index (Phi) is 12.9. The highest BCUT2D eigenvalue weighted by Gasteiger charge is 2.75. The molecule has 0 aromatic heterocycles. The zero-order valence-electron chi connectivity index (χ0n) is 34.0. The highest BCUT2D eigenvalue weighted by Crippen LogP contribution is 2.70. The Hall–Kier alpha value is -4.58. The second-order valence-electron chi connectivity index (χ2n) is 17.4. The molecule has 2 aromatic carbocycles. The van der Waals surface area contributed by atoms with Crippen molar-refractivity contribution in [2.45, 2.75) is 95.5 Å². The number of Topliss-reactive ketones (excluding diaryl/α,β-unsaturated/α-hetero) is 1. The zero-order chi connectivity index (χ0) is 43.9. The van der Waals surface area contributed by atoms with Crippen LogP contribution in [-0.2, 0) is 51.3 Å². The number of aliphatic hydroxyl groups excluding tert-OH is 3. The number of carbonyl (C=O) groups is 6. The summed E-state index contributed by atoms with van der Waals surface area (Å²) in [4.78, 5) is 75.0. The summed E-state index contributed by atoms with van der Waals surface area (Å²) in [7, 11) is 0. The summed E-state index contributed by atoms with van der Waals surface area (Å²) >= 11 is 2.98. The van der Waals surface area contributed by atoms with Gasteiger partial charge in [0.2, 0.25) is 17.7 Å². The molecule has 4 aliphatic carbocycles. The van der Waals surface area contributed by atoms with Crippen molar-refractivity contribution in [3.8, 4) is 0 Å². The molecule has 0 radical (unpaired) electrons. The number of carboxylic acid groups (broad SMARTS) is 1. The van der Waals surface area contributed by atoms with Gasteiger partial charge in [-0.15, -0.1) is 0 Å². The van der Waals surface area contributed by atoms with Crippen molar-refractivity contribution < 1.29 is 58.7 Å². The number of hydrogen-bond donors (Lipinski definition) is 7. The molecule has 15 nitrogen and oxygen atoms in total. The fraction of sp³-hybridized carbons (Fsp3) is 0.511. The van der Waals surface area contributed by atoms with Crippen molar-refractivity contribution in [3.63, 3.8) is 0 Å². The van der Waals surface area contributed by atoms with E-state index in [4.69, 9.17) is 9.47 Å². The smallest absolute Gasteiger partial charge is 0.303 e. The first kappa shape index (κ1) is 44.5. The van der Waals surface area contributed by atoms with Crippen molar-refractivity contribution in [2.75, 3.05) is 23.8 Å². The summed E-state index contributed by atoms with van der Waals surface area (Å²) in [5.74, 6) is -3.64. The number of ketones is 2. The molecule has 3 amide bonds. The van der Waals surface area contributed by atoms with Gasteiger partial charge in [-0.05, 0) is 79.7 Å². The van der Waals surface area contributed by atoms with Gasteiger partial charge in [0.05, 0.1) is 30.7 Å². The average Bonchev–Trinajstić information content (AvgIpc) is 3.74. The van der Waals surface area contributed by atoms with Crippen LogP contribution in [0.5, 0.6) is 0 Å². The van der Waals surface area contributed by atoms with Crippen molar-refractivity contribution in [1.29, 1.82) is 0 Å². The Balaban J connectivity index is 1.05. The van der Waals surface area contributed by atoms with Gasteiger partial charge >= 0.3 is 5.97 Å². The van der Waals surface area contributed by atoms with Crippen LogP contribution >= 0.6 is 15.9 Å². The fourth-order valence-electron chi connectivity index (χ4n) is 11.1. The lowest BCUT2D eigenvalue weighted by atomic mass is 9.46. The minimum absolute atomic E-state index is 0.0248. The maximum absolute atomic E-state index is 14.0. The van der Waals surface area contributed by atoms with E-state index >= 15 is 0 Å². The molecular formula is C45H52BrN3O12. The molecule has 3 saturated carbocycles. The lowest BCUT2D eigenvalue weighted by molar-refractivity contribution is -0.201. The number of hydrogen-bond acceptors (Lipinski definition) is 11. The summed E-state index contributed by atoms with van der Waals surface area (Å²) in [6.45, 7) is 2.53. The number of anilines is 1. The number of rotatable bonds is 15. The molecule has 1 aliphatic heterocycles. The fourth-order valence-corrected chi connectivity index (χ4v) is 11.3. The molecule has 10 atom stereocenters. The molecule has 7 rings (SSSR count). The van der Waals surface area contributed by atoms with E-state index in [1.54, 1.807) is 30.4 Å². The Bertz CT molecular complexity index is 2160. The topological polar surface area (TPSA) is 238 Å². The molecule has 0 bridgehead atoms. The Labute approximate surface area is 361 Å². The summed E-state index contributed by atoms with van der Waals surface area (Å²) in [6.07, 6.45) is 4.94. The molecular weight excluding hydrogens is 854 g/mol. The third-order valence-corrected chi connectivity index (χ3v) is 14.4. The number of amides is 3. The van der Waals surface area contributed by atoms with Crippen molar-refractivity contribution in [2.24, 2.45) is 28.6 Å². The Morgan fingerprint density at radius 2 is 1.75 bits per heavy atom. The number of nitrogens with one attached hydrogen (secondary N) is 3. The van der Waals surface area contributed by atoms with Crippen LogP contribution in [0.25, 0.3) is 0 Å². The van der Waals surface area contributed by atoms with Gasteiger partial charge in [0, 0.05) is 40.0 Å². The number of carbonyl (C=O) groups excluding carboxylic acids is 5. The number of aliphatic hydroxyl groups is 3. The van der Waals surface area contributed by atoms with Gasteiger partial charge in [0.1, 0.15) is 12.6 Å². The number of fused-ring (bicyclic) bond motifs is 7. The van der Waals surface area contributed by atoms with Crippen LogP contribution in [0.1, 0.15) is 80.9 Å². The largest absolute Gasteiger partial charge is 0.481 e. The number of ether oxygens (including phenoxy) is 2. The van der Waals surface area contributed by atoms with Gasteiger partial charge in [-0.2, -0.15) is 0 Å². The third-order valence-electron chi connectivity index (χ3n) is 13.9. The van der Waals surface area contributed by atoms with Gasteiger partial charge < -0.3 is 45.9 Å². The standard InChI is InChI=1S/C45H52BrN3O12/c1-43-14-13-29(52)17-28(43)9-10-30-31-18-36-45(35(54)23-51,44(31,2)19-34(53)40(30)43)61-42(60-36)26-6-3-24(4-7-26)15-25-5-8-27(22-50)33(16-25)49-41(59)32(11-12-39(57)58)48-38(56)21-47-37(55)20-46/h3-8,13-14,16-17,30-32,34,36,40,42,50-51,53H,9-12,15,18-23H2,1-2H3,(H,47,55)(H,48,56)(H,49,59)(H,57,58)/t30-,31-,32-,34-,36+,40+,42+,43-,44-,45+/m0/s1. The maximum Gasteiger partial charge on any atom is 0.303 e. The van der Waals surface area contributed by atoms with Gasteiger partial charge in [0.15, 0.2) is 23.5 Å². The lowest BCUT2D eigenvalue weighted by Crippen LogP contribution is -2.63. The zero-order valence-corrected chi connectivity index (χ0v) is 35.6. The van der Waals surface area contributed by atoms with E-state index in [1.807, 2.05) is 37.3 Å². The normalized spacial score (nSPS) is 31.4. The predicted octanol–water partition coefficient (Wildman–Crippen LogP) is 3.17. The number of alkyl halides is 1. The van der Waals surface area contributed by atoms with Crippen LogP contribution in [0.15, 0.2) is 66.3 Å². The van der Waals surface area contributed by atoms with E-state index in [0.717, 1.165) is 23.1 Å². The molecule has 1 heterocycles. The third kappa shape index (κ3) is 8.25. The van der Waals surface area contributed by atoms with Crippen LogP contribution in [0.4, 0.5) is 5.69 Å². The van der Waals surface area contributed by atoms with E-state index in [1.165, 1.54) is 0 Å².